The first-order valence-electron chi connectivity index (χ1n) is 5.93. The third kappa shape index (κ3) is 2.89. The number of benzene rings is 1. The highest BCUT2D eigenvalue weighted by molar-refractivity contribution is 7.90. The van der Waals surface area contributed by atoms with Gasteiger partial charge in [-0.25, -0.2) is 13.2 Å². The van der Waals surface area contributed by atoms with Gasteiger partial charge in [-0.2, -0.15) is 0 Å². The molecule has 1 aliphatic heterocycles. The molecule has 0 saturated carbocycles. The van der Waals surface area contributed by atoms with Gasteiger partial charge in [0.2, 0.25) is 0 Å². The average Bonchev–Trinajstić information content (AvgIpc) is 2.31. The monoisotopic (exact) mass is 283 g/mol. The van der Waals surface area contributed by atoms with Crippen molar-refractivity contribution in [1.29, 1.82) is 0 Å². The van der Waals surface area contributed by atoms with Crippen LogP contribution in [0, 0.1) is 5.41 Å². The van der Waals surface area contributed by atoms with Crippen molar-refractivity contribution in [2.24, 2.45) is 5.41 Å². The first-order chi connectivity index (χ1) is 8.70. The summed E-state index contributed by atoms with van der Waals surface area (Å²) in [7, 11) is -3.20. The van der Waals surface area contributed by atoms with Crippen molar-refractivity contribution in [2.45, 2.75) is 24.8 Å². The molecule has 104 valence electrons. The molecule has 19 heavy (non-hydrogen) atoms. The summed E-state index contributed by atoms with van der Waals surface area (Å²) in [5.74, 6) is 0. The standard InChI is InChI=1S/C13H17NO4S/c1-13(2)8-18-12(15)14-11(13)9-4-6-10(7-5-9)19(3,16)17/h4-7,11H,8H2,1-3H3,(H,14,15)/t11-/m0/s1. The normalized spacial score (nSPS) is 22.5. The highest BCUT2D eigenvalue weighted by Gasteiger charge is 2.37. The second-order valence-corrected chi connectivity index (χ2v) is 7.50. The average molecular weight is 283 g/mol. The molecule has 0 spiro atoms. The van der Waals surface area contributed by atoms with Gasteiger partial charge >= 0.3 is 6.09 Å². The minimum absolute atomic E-state index is 0.192. The maximum atomic E-state index is 11.4. The minimum Gasteiger partial charge on any atom is -0.449 e. The van der Waals surface area contributed by atoms with E-state index in [4.69, 9.17) is 4.74 Å². The first-order valence-corrected chi connectivity index (χ1v) is 7.82. The van der Waals surface area contributed by atoms with Gasteiger partial charge in [0.15, 0.2) is 9.84 Å². The number of amides is 1. The summed E-state index contributed by atoms with van der Waals surface area (Å²) in [4.78, 5) is 11.6. The second kappa shape index (κ2) is 4.52. The summed E-state index contributed by atoms with van der Waals surface area (Å²) in [5, 5.41) is 2.77. The third-order valence-electron chi connectivity index (χ3n) is 3.26. The Labute approximate surface area is 112 Å². The van der Waals surface area contributed by atoms with Crippen LogP contribution in [0.25, 0.3) is 0 Å². The molecule has 2 rings (SSSR count). The van der Waals surface area contributed by atoms with Crippen LogP contribution in [0.5, 0.6) is 0 Å². The number of hydrogen-bond donors (Lipinski definition) is 1. The van der Waals surface area contributed by atoms with E-state index in [1.807, 2.05) is 13.8 Å². The fourth-order valence-corrected chi connectivity index (χ4v) is 2.76. The van der Waals surface area contributed by atoms with Crippen molar-refractivity contribution >= 4 is 15.9 Å². The van der Waals surface area contributed by atoms with Crippen LogP contribution in [0.15, 0.2) is 29.2 Å². The summed E-state index contributed by atoms with van der Waals surface area (Å²) in [5.41, 5.74) is 0.620. The van der Waals surface area contributed by atoms with Crippen molar-refractivity contribution in [3.05, 3.63) is 29.8 Å². The third-order valence-corrected chi connectivity index (χ3v) is 4.39. The Balaban J connectivity index is 2.33. The Morgan fingerprint density at radius 2 is 1.84 bits per heavy atom. The van der Waals surface area contributed by atoms with E-state index >= 15 is 0 Å². The van der Waals surface area contributed by atoms with Crippen molar-refractivity contribution in [2.75, 3.05) is 12.9 Å². The predicted molar refractivity (Wildman–Crippen MR) is 70.6 cm³/mol. The fourth-order valence-electron chi connectivity index (χ4n) is 2.13. The molecule has 0 radical (unpaired) electrons. The van der Waals surface area contributed by atoms with E-state index in [1.54, 1.807) is 24.3 Å². The van der Waals surface area contributed by atoms with Crippen LogP contribution >= 0.6 is 0 Å². The van der Waals surface area contributed by atoms with Gasteiger partial charge in [0.05, 0.1) is 10.9 Å². The van der Waals surface area contributed by atoms with Gasteiger partial charge in [0, 0.05) is 11.7 Å². The van der Waals surface area contributed by atoms with E-state index < -0.39 is 15.9 Å². The van der Waals surface area contributed by atoms with Gasteiger partial charge in [-0.05, 0) is 17.7 Å². The number of ether oxygens (including phenoxy) is 1. The molecule has 0 bridgehead atoms. The number of cyclic esters (lactones) is 1. The zero-order valence-electron chi connectivity index (χ0n) is 11.1. The van der Waals surface area contributed by atoms with E-state index in [-0.39, 0.29) is 16.4 Å². The van der Waals surface area contributed by atoms with Crippen LogP contribution in [0.3, 0.4) is 0 Å². The van der Waals surface area contributed by atoms with E-state index in [2.05, 4.69) is 5.32 Å². The lowest BCUT2D eigenvalue weighted by Crippen LogP contribution is -2.46. The molecule has 1 amide bonds. The molecule has 1 saturated heterocycles. The zero-order chi connectivity index (χ0) is 14.3. The summed E-state index contributed by atoms with van der Waals surface area (Å²) >= 11 is 0. The number of hydrogen-bond acceptors (Lipinski definition) is 4. The lowest BCUT2D eigenvalue weighted by molar-refractivity contribution is 0.0387. The van der Waals surface area contributed by atoms with Crippen LogP contribution in [-0.2, 0) is 14.6 Å². The molecule has 6 heteroatoms. The molecule has 1 fully saturated rings. The summed E-state index contributed by atoms with van der Waals surface area (Å²) in [6.07, 6.45) is 0.721. The van der Waals surface area contributed by atoms with Crippen LogP contribution in [0.2, 0.25) is 0 Å². The van der Waals surface area contributed by atoms with Crippen molar-refractivity contribution in [1.82, 2.24) is 5.32 Å². The minimum atomic E-state index is -3.20. The lowest BCUT2D eigenvalue weighted by Gasteiger charge is -2.38. The summed E-state index contributed by atoms with van der Waals surface area (Å²) < 4.78 is 27.8. The van der Waals surface area contributed by atoms with Crippen molar-refractivity contribution in [3.8, 4) is 0 Å². The summed E-state index contributed by atoms with van der Waals surface area (Å²) in [6, 6.07) is 6.38. The van der Waals surface area contributed by atoms with Gasteiger partial charge in [-0.15, -0.1) is 0 Å². The first kappa shape index (κ1) is 13.9. The van der Waals surface area contributed by atoms with Gasteiger partial charge in [-0.1, -0.05) is 26.0 Å². The quantitative estimate of drug-likeness (QED) is 0.899. The topological polar surface area (TPSA) is 72.5 Å². The van der Waals surface area contributed by atoms with E-state index in [0.29, 0.717) is 6.61 Å². The highest BCUT2D eigenvalue weighted by Crippen LogP contribution is 2.36. The van der Waals surface area contributed by atoms with Gasteiger partial charge in [0.25, 0.3) is 0 Å². The molecule has 0 aliphatic carbocycles. The van der Waals surface area contributed by atoms with E-state index in [0.717, 1.165) is 5.56 Å². The number of nitrogens with one attached hydrogen (secondary N) is 1. The zero-order valence-corrected chi connectivity index (χ0v) is 12.0. The SMILES string of the molecule is CC1(C)COC(=O)N[C@H]1c1ccc(S(C)(=O)=O)cc1. The Morgan fingerprint density at radius 1 is 1.26 bits per heavy atom. The number of rotatable bonds is 2. The lowest BCUT2D eigenvalue weighted by atomic mass is 9.80. The number of alkyl carbamates (subject to hydrolysis) is 1. The van der Waals surface area contributed by atoms with Gasteiger partial charge in [0.1, 0.15) is 6.61 Å². The molecule has 5 nitrogen and oxygen atoms in total. The van der Waals surface area contributed by atoms with E-state index in [9.17, 15) is 13.2 Å². The smallest absolute Gasteiger partial charge is 0.407 e. The number of carbonyl (C=O) groups excluding carboxylic acids is 1. The predicted octanol–water partition coefficient (Wildman–Crippen LogP) is 1.90. The van der Waals surface area contributed by atoms with Gasteiger partial charge < -0.3 is 10.1 Å². The molecule has 1 aromatic carbocycles. The fraction of sp³-hybridized carbons (Fsp3) is 0.462. The van der Waals surface area contributed by atoms with Crippen LogP contribution < -0.4 is 5.32 Å². The number of carbonyl (C=O) groups is 1. The Hall–Kier alpha value is -1.56. The number of sulfone groups is 1. The summed E-state index contributed by atoms with van der Waals surface area (Å²) in [6.45, 7) is 4.31. The molecule has 1 aromatic rings. The molecule has 1 N–H and O–H groups in total. The maximum Gasteiger partial charge on any atom is 0.407 e. The molecule has 1 aliphatic rings. The molecular formula is C13H17NO4S. The molecular weight excluding hydrogens is 266 g/mol. The molecule has 0 aromatic heterocycles. The van der Waals surface area contributed by atoms with Crippen LogP contribution in [-0.4, -0.2) is 27.4 Å². The maximum absolute atomic E-state index is 11.4. The van der Waals surface area contributed by atoms with Crippen LogP contribution in [0.1, 0.15) is 25.5 Å². The highest BCUT2D eigenvalue weighted by atomic mass is 32.2. The largest absolute Gasteiger partial charge is 0.449 e. The van der Waals surface area contributed by atoms with Gasteiger partial charge in [-0.3, -0.25) is 0 Å². The Morgan fingerprint density at radius 3 is 2.37 bits per heavy atom. The van der Waals surface area contributed by atoms with Crippen LogP contribution in [0.4, 0.5) is 4.79 Å². The Kier molecular flexibility index (Phi) is 3.30. The molecule has 1 heterocycles. The van der Waals surface area contributed by atoms with E-state index in [1.165, 1.54) is 6.26 Å². The second-order valence-electron chi connectivity index (χ2n) is 5.48. The van der Waals surface area contributed by atoms with Crippen molar-refractivity contribution in [3.63, 3.8) is 0 Å². The Bertz CT molecular complexity index is 590. The molecule has 0 unspecified atom stereocenters. The van der Waals surface area contributed by atoms with Crippen molar-refractivity contribution < 1.29 is 17.9 Å². The molecule has 1 atom stereocenters.